The maximum Gasteiger partial charge on any atom is 0.419 e. The van der Waals surface area contributed by atoms with E-state index in [1.165, 1.54) is 0 Å². The molecule has 1 aliphatic rings. The number of pyridine rings is 1. The van der Waals surface area contributed by atoms with Crippen LogP contribution in [0.25, 0.3) is 5.65 Å². The molecule has 29 heavy (non-hydrogen) atoms. The molecule has 0 amide bonds. The fourth-order valence-corrected chi connectivity index (χ4v) is 5.02. The van der Waals surface area contributed by atoms with Gasteiger partial charge in [0.15, 0.2) is 5.65 Å². The number of hydrogen-bond donors (Lipinski definition) is 0. The van der Waals surface area contributed by atoms with Gasteiger partial charge in [0.1, 0.15) is 11.6 Å². The van der Waals surface area contributed by atoms with E-state index in [0.717, 1.165) is 16.2 Å². The molecule has 0 spiro atoms. The van der Waals surface area contributed by atoms with Gasteiger partial charge in [-0.15, -0.1) is 10.2 Å². The third-order valence-corrected chi connectivity index (χ3v) is 6.93. The van der Waals surface area contributed by atoms with Crippen LogP contribution in [-0.4, -0.2) is 40.4 Å². The van der Waals surface area contributed by atoms with Gasteiger partial charge in [-0.05, 0) is 43.2 Å². The summed E-state index contributed by atoms with van der Waals surface area (Å²) in [5.74, 6) is -0.814. The predicted molar refractivity (Wildman–Crippen MR) is 95.1 cm³/mol. The van der Waals surface area contributed by atoms with E-state index in [1.54, 1.807) is 0 Å². The molecule has 0 unspecified atom stereocenters. The second-order valence-electron chi connectivity index (χ2n) is 6.80. The maximum atomic E-state index is 13.5. The molecule has 3 aromatic rings. The normalized spacial score (nSPS) is 17.1. The first-order valence-corrected chi connectivity index (χ1v) is 10.3. The van der Waals surface area contributed by atoms with Crippen LogP contribution in [0.4, 0.5) is 17.6 Å². The van der Waals surface area contributed by atoms with Gasteiger partial charge >= 0.3 is 6.18 Å². The van der Waals surface area contributed by atoms with Crippen molar-refractivity contribution < 1.29 is 26.0 Å². The van der Waals surface area contributed by atoms with E-state index in [1.807, 2.05) is 28.8 Å². The monoisotopic (exact) mass is 428 g/mol. The molecule has 1 aliphatic heterocycles. The molecule has 11 heteroatoms. The minimum absolute atomic E-state index is 0.0298. The Kier molecular flexibility index (Phi) is 4.82. The average Bonchev–Trinajstić information content (AvgIpc) is 3.11. The van der Waals surface area contributed by atoms with Gasteiger partial charge in [-0.2, -0.15) is 17.5 Å². The highest BCUT2D eigenvalue weighted by atomic mass is 32.2. The van der Waals surface area contributed by atoms with E-state index in [4.69, 9.17) is 0 Å². The van der Waals surface area contributed by atoms with E-state index in [9.17, 15) is 26.0 Å². The van der Waals surface area contributed by atoms with Gasteiger partial charge in [-0.1, -0.05) is 6.07 Å². The number of aromatic nitrogens is 3. The zero-order valence-electron chi connectivity index (χ0n) is 15.0. The van der Waals surface area contributed by atoms with Crippen LogP contribution in [0.3, 0.4) is 0 Å². The van der Waals surface area contributed by atoms with Crippen LogP contribution in [0.5, 0.6) is 0 Å². The highest BCUT2D eigenvalue weighted by molar-refractivity contribution is 7.89. The first-order chi connectivity index (χ1) is 13.7. The summed E-state index contributed by atoms with van der Waals surface area (Å²) in [6.45, 7) is 0.237. The van der Waals surface area contributed by atoms with E-state index >= 15 is 0 Å². The second kappa shape index (κ2) is 7.06. The summed E-state index contributed by atoms with van der Waals surface area (Å²) in [7, 11) is -4.17. The Morgan fingerprint density at radius 3 is 2.45 bits per heavy atom. The lowest BCUT2D eigenvalue weighted by atomic mass is 9.97. The number of hydrogen-bond acceptors (Lipinski definition) is 4. The highest BCUT2D eigenvalue weighted by Crippen LogP contribution is 2.35. The van der Waals surface area contributed by atoms with Crippen molar-refractivity contribution in [2.45, 2.75) is 29.8 Å². The lowest BCUT2D eigenvalue weighted by molar-refractivity contribution is -0.140. The summed E-state index contributed by atoms with van der Waals surface area (Å²) < 4.78 is 80.8. The molecule has 0 bridgehead atoms. The van der Waals surface area contributed by atoms with Crippen LogP contribution in [0.2, 0.25) is 0 Å². The predicted octanol–water partition coefficient (Wildman–Crippen LogP) is 3.46. The molecule has 4 rings (SSSR count). The molecule has 0 aliphatic carbocycles. The molecular formula is C18H16F4N4O2S. The second-order valence-corrected chi connectivity index (χ2v) is 8.74. The van der Waals surface area contributed by atoms with Crippen molar-refractivity contribution in [2.24, 2.45) is 0 Å². The average molecular weight is 428 g/mol. The molecule has 154 valence electrons. The first kappa shape index (κ1) is 19.8. The smallest absolute Gasteiger partial charge is 0.286 e. The quantitative estimate of drug-likeness (QED) is 0.600. The largest absolute Gasteiger partial charge is 0.419 e. The van der Waals surface area contributed by atoms with Crippen LogP contribution >= 0.6 is 0 Å². The minimum atomic E-state index is -4.97. The number of rotatable bonds is 3. The van der Waals surface area contributed by atoms with Crippen LogP contribution in [0.1, 0.15) is 30.1 Å². The van der Waals surface area contributed by atoms with Crippen molar-refractivity contribution in [2.75, 3.05) is 13.1 Å². The molecule has 0 radical (unpaired) electrons. The van der Waals surface area contributed by atoms with Crippen molar-refractivity contribution in [3.8, 4) is 0 Å². The molecule has 1 aromatic carbocycles. The summed E-state index contributed by atoms with van der Waals surface area (Å²) in [5, 5.41) is 8.28. The summed E-state index contributed by atoms with van der Waals surface area (Å²) in [5.41, 5.74) is -0.910. The number of nitrogens with zero attached hydrogens (tertiary/aromatic N) is 4. The third-order valence-electron chi connectivity index (χ3n) is 5.04. The van der Waals surface area contributed by atoms with Gasteiger partial charge in [0.05, 0.1) is 10.5 Å². The van der Waals surface area contributed by atoms with Crippen LogP contribution in [0.15, 0.2) is 47.5 Å². The van der Waals surface area contributed by atoms with Gasteiger partial charge in [0, 0.05) is 25.2 Å². The number of fused-ring (bicyclic) bond motifs is 1. The van der Waals surface area contributed by atoms with Gasteiger partial charge in [-0.25, -0.2) is 12.8 Å². The van der Waals surface area contributed by atoms with E-state index in [-0.39, 0.29) is 19.0 Å². The standard InChI is InChI=1S/C18H16F4N4O2S/c19-15-5-4-13(11-14(15)18(20,21)22)29(27,28)25-9-6-12(7-10-25)17-24-23-16-3-1-2-8-26(16)17/h1-5,8,11-12H,6-7,9-10H2. The van der Waals surface area contributed by atoms with Crippen molar-refractivity contribution >= 4 is 15.7 Å². The summed E-state index contributed by atoms with van der Waals surface area (Å²) in [6.07, 6.45) is -2.26. The van der Waals surface area contributed by atoms with E-state index < -0.39 is 32.5 Å². The molecule has 6 nitrogen and oxygen atoms in total. The van der Waals surface area contributed by atoms with Crippen molar-refractivity contribution in [3.63, 3.8) is 0 Å². The van der Waals surface area contributed by atoms with Crippen LogP contribution in [0, 0.1) is 5.82 Å². The zero-order chi connectivity index (χ0) is 20.8. The van der Waals surface area contributed by atoms with Crippen LogP contribution in [-0.2, 0) is 16.2 Å². The topological polar surface area (TPSA) is 67.6 Å². The number of benzene rings is 1. The Morgan fingerprint density at radius 1 is 1.03 bits per heavy atom. The zero-order valence-corrected chi connectivity index (χ0v) is 15.8. The molecule has 3 heterocycles. The molecule has 0 atom stereocenters. The van der Waals surface area contributed by atoms with Crippen molar-refractivity contribution in [1.29, 1.82) is 0 Å². The Hall–Kier alpha value is -2.53. The summed E-state index contributed by atoms with van der Waals surface area (Å²) >= 11 is 0. The molecule has 1 saturated heterocycles. The highest BCUT2D eigenvalue weighted by Gasteiger charge is 2.37. The number of halogens is 4. The molecule has 2 aromatic heterocycles. The molecule has 0 saturated carbocycles. The fraction of sp³-hybridized carbons (Fsp3) is 0.333. The van der Waals surface area contributed by atoms with Gasteiger partial charge < -0.3 is 0 Å². The number of piperidine rings is 1. The SMILES string of the molecule is O=S(=O)(c1ccc(F)c(C(F)(F)F)c1)N1CCC(c2nnc3ccccn23)CC1. The van der Waals surface area contributed by atoms with Gasteiger partial charge in [0.25, 0.3) is 0 Å². The molecule has 1 fully saturated rings. The van der Waals surface area contributed by atoms with Gasteiger partial charge in [-0.3, -0.25) is 4.40 Å². The van der Waals surface area contributed by atoms with E-state index in [2.05, 4.69) is 10.2 Å². The number of alkyl halides is 3. The van der Waals surface area contributed by atoms with Crippen LogP contribution < -0.4 is 0 Å². The summed E-state index contributed by atoms with van der Waals surface area (Å²) in [4.78, 5) is -0.572. The Labute approximate surface area is 163 Å². The Morgan fingerprint density at radius 2 is 1.76 bits per heavy atom. The lowest BCUT2D eigenvalue weighted by Crippen LogP contribution is -2.38. The lowest BCUT2D eigenvalue weighted by Gasteiger charge is -2.30. The first-order valence-electron chi connectivity index (χ1n) is 8.84. The molecular weight excluding hydrogens is 412 g/mol. The van der Waals surface area contributed by atoms with Crippen molar-refractivity contribution in [3.05, 3.63) is 59.8 Å². The minimum Gasteiger partial charge on any atom is -0.286 e. The maximum absolute atomic E-state index is 13.5. The Bertz CT molecular complexity index is 1150. The summed E-state index contributed by atoms with van der Waals surface area (Å²) in [6, 6.07) is 7.22. The molecule has 0 N–H and O–H groups in total. The van der Waals surface area contributed by atoms with Gasteiger partial charge in [0.2, 0.25) is 10.0 Å². The third kappa shape index (κ3) is 3.60. The van der Waals surface area contributed by atoms with Crippen molar-refractivity contribution in [1.82, 2.24) is 18.9 Å². The Balaban J connectivity index is 1.55. The van der Waals surface area contributed by atoms with E-state index in [0.29, 0.717) is 30.6 Å². The fourth-order valence-electron chi connectivity index (χ4n) is 3.52. The number of sulfonamides is 1.